The Balaban J connectivity index is 1.56. The zero-order valence-corrected chi connectivity index (χ0v) is 15.7. The van der Waals surface area contributed by atoms with Crippen molar-refractivity contribution in [2.24, 2.45) is 5.92 Å². The highest BCUT2D eigenvalue weighted by molar-refractivity contribution is 5.97. The average Bonchev–Trinajstić information content (AvgIpc) is 3.07. The van der Waals surface area contributed by atoms with Gasteiger partial charge in [-0.3, -0.25) is 9.59 Å². The van der Waals surface area contributed by atoms with E-state index in [0.717, 1.165) is 29.6 Å². The highest BCUT2D eigenvalue weighted by atomic mass is 19.4. The van der Waals surface area contributed by atoms with E-state index >= 15 is 0 Å². The van der Waals surface area contributed by atoms with Crippen LogP contribution < -0.4 is 10.1 Å². The predicted molar refractivity (Wildman–Crippen MR) is 99.3 cm³/mol. The van der Waals surface area contributed by atoms with Crippen LogP contribution >= 0.6 is 0 Å². The van der Waals surface area contributed by atoms with Crippen molar-refractivity contribution < 1.29 is 27.5 Å². The van der Waals surface area contributed by atoms with Crippen LogP contribution in [0.2, 0.25) is 0 Å². The molecule has 1 fully saturated rings. The number of rotatable bonds is 6. The van der Waals surface area contributed by atoms with Crippen molar-refractivity contribution in [1.29, 1.82) is 0 Å². The van der Waals surface area contributed by atoms with E-state index in [0.29, 0.717) is 13.0 Å². The highest BCUT2D eigenvalue weighted by Gasteiger charge is 2.35. The molecule has 154 valence electrons. The summed E-state index contributed by atoms with van der Waals surface area (Å²) in [5, 5.41) is 2.53. The van der Waals surface area contributed by atoms with Crippen LogP contribution in [0.25, 0.3) is 0 Å². The Labute approximate surface area is 165 Å². The summed E-state index contributed by atoms with van der Waals surface area (Å²) in [5.41, 5.74) is 0.0866. The molecule has 6 nitrogen and oxygen atoms in total. The maximum atomic E-state index is 12.6. The van der Waals surface area contributed by atoms with Gasteiger partial charge < -0.3 is 15.0 Å². The number of anilines is 1. The Bertz CT molecular complexity index is 885. The van der Waals surface area contributed by atoms with Gasteiger partial charge in [0.25, 0.3) is 0 Å². The van der Waals surface area contributed by atoms with E-state index in [1.165, 1.54) is 0 Å². The molecule has 0 unspecified atom stereocenters. The number of carbonyl (C=O) groups excluding carboxylic acids is 2. The van der Waals surface area contributed by atoms with Crippen molar-refractivity contribution in [2.75, 3.05) is 25.5 Å². The number of aromatic nitrogens is 1. The second-order valence-corrected chi connectivity index (χ2v) is 6.72. The normalized spacial score (nSPS) is 16.8. The van der Waals surface area contributed by atoms with E-state index < -0.39 is 23.7 Å². The molecule has 2 heterocycles. The molecule has 0 bridgehead atoms. The molecule has 1 aromatic carbocycles. The number of benzene rings is 1. The van der Waals surface area contributed by atoms with Crippen LogP contribution in [0, 0.1) is 5.92 Å². The van der Waals surface area contributed by atoms with Crippen LogP contribution in [-0.4, -0.2) is 41.9 Å². The molecular weight excluding hydrogens is 387 g/mol. The standard InChI is InChI=1S/C20H20F3N3O3/c1-29-16-5-3-2-4-13(16)8-9-26-12-14(10-18(26)27)19(28)25-15-6-7-17(24-11-15)20(21,22)23/h2-7,11,14H,8-10,12H2,1H3,(H,25,28)/t14-/m0/s1. The van der Waals surface area contributed by atoms with Gasteiger partial charge in [0.05, 0.1) is 24.9 Å². The van der Waals surface area contributed by atoms with Crippen molar-refractivity contribution in [3.05, 3.63) is 53.9 Å². The number of likely N-dealkylation sites (tertiary alicyclic amines) is 1. The molecule has 0 saturated carbocycles. The third-order valence-electron chi connectivity index (χ3n) is 4.75. The Kier molecular flexibility index (Phi) is 6.05. The largest absolute Gasteiger partial charge is 0.496 e. The number of methoxy groups -OCH3 is 1. The van der Waals surface area contributed by atoms with Crippen LogP contribution in [0.1, 0.15) is 17.7 Å². The molecule has 1 aliphatic rings. The summed E-state index contributed by atoms with van der Waals surface area (Å²) in [5.74, 6) is -0.379. The SMILES string of the molecule is COc1ccccc1CCN1C[C@@H](C(=O)Nc2ccc(C(F)(F)F)nc2)CC1=O. The highest BCUT2D eigenvalue weighted by Crippen LogP contribution is 2.28. The molecular formula is C20H20F3N3O3. The number of alkyl halides is 3. The maximum Gasteiger partial charge on any atom is 0.433 e. The van der Waals surface area contributed by atoms with Gasteiger partial charge in [-0.25, -0.2) is 4.98 Å². The van der Waals surface area contributed by atoms with Gasteiger partial charge in [-0.15, -0.1) is 0 Å². The molecule has 2 amide bonds. The Hall–Kier alpha value is -3.10. The fraction of sp³-hybridized carbons (Fsp3) is 0.350. The molecule has 1 aromatic heterocycles. The molecule has 29 heavy (non-hydrogen) atoms. The van der Waals surface area contributed by atoms with E-state index in [4.69, 9.17) is 4.74 Å². The molecule has 1 N–H and O–H groups in total. The lowest BCUT2D eigenvalue weighted by Crippen LogP contribution is -2.30. The molecule has 0 aliphatic carbocycles. The molecule has 0 spiro atoms. The van der Waals surface area contributed by atoms with Gasteiger partial charge in [-0.1, -0.05) is 18.2 Å². The van der Waals surface area contributed by atoms with E-state index in [1.807, 2.05) is 24.3 Å². The lowest BCUT2D eigenvalue weighted by molar-refractivity contribution is -0.141. The number of carbonyl (C=O) groups is 2. The number of nitrogens with one attached hydrogen (secondary N) is 1. The van der Waals surface area contributed by atoms with Crippen LogP contribution in [-0.2, 0) is 22.2 Å². The number of pyridine rings is 1. The number of amides is 2. The molecule has 2 aromatic rings. The summed E-state index contributed by atoms with van der Waals surface area (Å²) in [4.78, 5) is 29.6. The fourth-order valence-corrected chi connectivity index (χ4v) is 3.21. The first-order valence-electron chi connectivity index (χ1n) is 9.01. The van der Waals surface area contributed by atoms with E-state index in [9.17, 15) is 22.8 Å². The third-order valence-corrected chi connectivity index (χ3v) is 4.75. The van der Waals surface area contributed by atoms with Gasteiger partial charge in [0.2, 0.25) is 11.8 Å². The summed E-state index contributed by atoms with van der Waals surface area (Å²) in [6.45, 7) is 0.707. The minimum Gasteiger partial charge on any atom is -0.496 e. The molecule has 9 heteroatoms. The third kappa shape index (κ3) is 5.04. The van der Waals surface area contributed by atoms with E-state index in [-0.39, 0.29) is 24.6 Å². The molecule has 3 rings (SSSR count). The van der Waals surface area contributed by atoms with Crippen LogP contribution in [0.5, 0.6) is 5.75 Å². The first-order valence-corrected chi connectivity index (χ1v) is 9.01. The molecule has 1 atom stereocenters. The summed E-state index contributed by atoms with van der Waals surface area (Å²) in [6, 6.07) is 9.45. The molecule has 1 saturated heterocycles. The zero-order valence-electron chi connectivity index (χ0n) is 15.7. The van der Waals surface area contributed by atoms with Gasteiger partial charge in [-0.2, -0.15) is 13.2 Å². The average molecular weight is 407 g/mol. The van der Waals surface area contributed by atoms with Gasteiger partial charge in [0.1, 0.15) is 11.4 Å². The zero-order chi connectivity index (χ0) is 21.0. The summed E-state index contributed by atoms with van der Waals surface area (Å²) < 4.78 is 43.0. The van der Waals surface area contributed by atoms with Gasteiger partial charge in [0, 0.05) is 19.5 Å². The lowest BCUT2D eigenvalue weighted by Gasteiger charge is -2.17. The van der Waals surface area contributed by atoms with Crippen molar-refractivity contribution in [1.82, 2.24) is 9.88 Å². The Morgan fingerprint density at radius 1 is 1.28 bits per heavy atom. The number of para-hydroxylation sites is 1. The molecule has 1 aliphatic heterocycles. The summed E-state index contributed by atoms with van der Waals surface area (Å²) in [7, 11) is 1.58. The number of ether oxygens (including phenoxy) is 1. The first kappa shape index (κ1) is 20.6. The van der Waals surface area contributed by atoms with Crippen molar-refractivity contribution >= 4 is 17.5 Å². The second-order valence-electron chi connectivity index (χ2n) is 6.72. The second kappa shape index (κ2) is 8.50. The van der Waals surface area contributed by atoms with Gasteiger partial charge in [-0.05, 0) is 30.2 Å². The van der Waals surface area contributed by atoms with E-state index in [2.05, 4.69) is 10.3 Å². The number of nitrogens with zero attached hydrogens (tertiary/aromatic N) is 2. The van der Waals surface area contributed by atoms with Gasteiger partial charge in [0.15, 0.2) is 0 Å². The Morgan fingerprint density at radius 2 is 2.03 bits per heavy atom. The maximum absolute atomic E-state index is 12.6. The van der Waals surface area contributed by atoms with Crippen molar-refractivity contribution in [3.8, 4) is 5.75 Å². The van der Waals surface area contributed by atoms with Crippen molar-refractivity contribution in [2.45, 2.75) is 19.0 Å². The minimum absolute atomic E-state index is 0.0613. The first-order chi connectivity index (χ1) is 13.8. The van der Waals surface area contributed by atoms with Crippen LogP contribution in [0.4, 0.5) is 18.9 Å². The molecule has 0 radical (unpaired) electrons. The fourth-order valence-electron chi connectivity index (χ4n) is 3.21. The lowest BCUT2D eigenvalue weighted by atomic mass is 10.1. The monoisotopic (exact) mass is 407 g/mol. The summed E-state index contributed by atoms with van der Waals surface area (Å²) >= 11 is 0. The van der Waals surface area contributed by atoms with Crippen molar-refractivity contribution in [3.63, 3.8) is 0 Å². The van der Waals surface area contributed by atoms with Crippen LogP contribution in [0.3, 0.4) is 0 Å². The quantitative estimate of drug-likeness (QED) is 0.799. The topological polar surface area (TPSA) is 71.5 Å². The minimum atomic E-state index is -4.54. The number of hydrogen-bond donors (Lipinski definition) is 1. The summed E-state index contributed by atoms with van der Waals surface area (Å²) in [6.07, 6.45) is -2.93. The predicted octanol–water partition coefficient (Wildman–Crippen LogP) is 3.14. The smallest absolute Gasteiger partial charge is 0.433 e. The van der Waals surface area contributed by atoms with Crippen LogP contribution in [0.15, 0.2) is 42.6 Å². The van der Waals surface area contributed by atoms with E-state index in [1.54, 1.807) is 12.0 Å². The number of hydrogen-bond acceptors (Lipinski definition) is 4. The van der Waals surface area contributed by atoms with Gasteiger partial charge >= 0.3 is 6.18 Å². The Morgan fingerprint density at radius 3 is 2.69 bits per heavy atom. The number of halogens is 3.